The predicted molar refractivity (Wildman–Crippen MR) is 57.0 cm³/mol. The zero-order valence-electron chi connectivity index (χ0n) is 8.73. The van der Waals surface area contributed by atoms with Crippen LogP contribution in [0.2, 0.25) is 0 Å². The Morgan fingerprint density at radius 2 is 2.14 bits per heavy atom. The first-order chi connectivity index (χ1) is 6.58. The molecule has 0 amide bonds. The van der Waals surface area contributed by atoms with Crippen LogP contribution in [0.15, 0.2) is 18.2 Å². The van der Waals surface area contributed by atoms with E-state index in [9.17, 15) is 4.39 Å². The summed E-state index contributed by atoms with van der Waals surface area (Å²) in [5.74, 6) is -0.127. The van der Waals surface area contributed by atoms with Crippen molar-refractivity contribution in [3.63, 3.8) is 0 Å². The van der Waals surface area contributed by atoms with Crippen molar-refractivity contribution in [2.24, 2.45) is 0 Å². The molecule has 1 aromatic rings. The number of benzene rings is 1. The van der Waals surface area contributed by atoms with Crippen molar-refractivity contribution in [2.45, 2.75) is 38.6 Å². The maximum absolute atomic E-state index is 13.5. The molecule has 1 heterocycles. The van der Waals surface area contributed by atoms with Crippen molar-refractivity contribution in [1.29, 1.82) is 0 Å². The number of hydrogen-bond donors (Lipinski definition) is 1. The molecule has 0 spiro atoms. The average Bonchev–Trinajstić information content (AvgIpc) is 2.24. The highest BCUT2D eigenvalue weighted by atomic mass is 19.1. The first kappa shape index (κ1) is 9.50. The lowest BCUT2D eigenvalue weighted by Crippen LogP contribution is -2.30. The van der Waals surface area contributed by atoms with Crippen LogP contribution in [0.1, 0.15) is 32.3 Å². The first-order valence-corrected chi connectivity index (χ1v) is 5.14. The van der Waals surface area contributed by atoms with Crippen molar-refractivity contribution in [2.75, 3.05) is 5.32 Å². The van der Waals surface area contributed by atoms with E-state index in [4.69, 9.17) is 0 Å². The Morgan fingerprint density at radius 3 is 2.93 bits per heavy atom. The lowest BCUT2D eigenvalue weighted by Gasteiger charge is -2.25. The largest absolute Gasteiger partial charge is 0.378 e. The van der Waals surface area contributed by atoms with Gasteiger partial charge in [-0.1, -0.05) is 12.1 Å². The second-order valence-electron chi connectivity index (χ2n) is 4.64. The summed E-state index contributed by atoms with van der Waals surface area (Å²) in [6.45, 7) is 4.24. The maximum atomic E-state index is 13.5. The Morgan fingerprint density at radius 1 is 1.36 bits per heavy atom. The van der Waals surface area contributed by atoms with Gasteiger partial charge in [-0.2, -0.15) is 0 Å². The fraction of sp³-hybridized carbons (Fsp3) is 0.500. The second-order valence-corrected chi connectivity index (χ2v) is 4.64. The number of rotatable bonds is 0. The highest BCUT2D eigenvalue weighted by molar-refractivity contribution is 5.54. The van der Waals surface area contributed by atoms with E-state index in [2.05, 4.69) is 19.2 Å². The molecule has 14 heavy (non-hydrogen) atoms. The van der Waals surface area contributed by atoms with Gasteiger partial charge in [-0.25, -0.2) is 4.39 Å². The summed E-state index contributed by atoms with van der Waals surface area (Å²) >= 11 is 0. The molecule has 1 aliphatic rings. The van der Waals surface area contributed by atoms with E-state index >= 15 is 0 Å². The molecule has 0 aliphatic carbocycles. The molecular weight excluding hydrogens is 177 g/mol. The van der Waals surface area contributed by atoms with Gasteiger partial charge in [0, 0.05) is 5.54 Å². The Hall–Kier alpha value is -1.05. The summed E-state index contributed by atoms with van der Waals surface area (Å²) in [4.78, 5) is 0. The van der Waals surface area contributed by atoms with Gasteiger partial charge >= 0.3 is 0 Å². The van der Waals surface area contributed by atoms with Crippen molar-refractivity contribution in [1.82, 2.24) is 0 Å². The molecule has 2 heteroatoms. The minimum Gasteiger partial charge on any atom is -0.378 e. The highest BCUT2D eigenvalue weighted by Crippen LogP contribution is 2.30. The lowest BCUT2D eigenvalue weighted by molar-refractivity contribution is 0.505. The van der Waals surface area contributed by atoms with Gasteiger partial charge in [0.05, 0.1) is 5.69 Å². The first-order valence-electron chi connectivity index (χ1n) is 5.14. The summed E-state index contributed by atoms with van der Waals surface area (Å²) in [6.07, 6.45) is 3.18. The van der Waals surface area contributed by atoms with Crippen LogP contribution in [0.5, 0.6) is 0 Å². The van der Waals surface area contributed by atoms with E-state index in [1.165, 1.54) is 6.07 Å². The molecule has 0 bridgehead atoms. The SMILES string of the molecule is CC1(C)CCCc2cccc(F)c2N1. The van der Waals surface area contributed by atoms with Gasteiger partial charge in [0.2, 0.25) is 0 Å². The quantitative estimate of drug-likeness (QED) is 0.666. The van der Waals surface area contributed by atoms with Crippen LogP contribution < -0.4 is 5.32 Å². The zero-order chi connectivity index (χ0) is 10.2. The van der Waals surface area contributed by atoms with E-state index in [-0.39, 0.29) is 11.4 Å². The number of nitrogens with one attached hydrogen (secondary N) is 1. The van der Waals surface area contributed by atoms with E-state index in [0.29, 0.717) is 5.69 Å². The molecule has 76 valence electrons. The van der Waals surface area contributed by atoms with Gasteiger partial charge in [0.15, 0.2) is 0 Å². The van der Waals surface area contributed by atoms with Crippen LogP contribution in [-0.4, -0.2) is 5.54 Å². The molecule has 1 aliphatic heterocycles. The van der Waals surface area contributed by atoms with Gasteiger partial charge in [-0.15, -0.1) is 0 Å². The van der Waals surface area contributed by atoms with Crippen LogP contribution in [0, 0.1) is 5.82 Å². The zero-order valence-corrected chi connectivity index (χ0v) is 8.73. The normalized spacial score (nSPS) is 19.4. The fourth-order valence-corrected chi connectivity index (χ4v) is 2.04. The lowest BCUT2D eigenvalue weighted by atomic mass is 9.99. The van der Waals surface area contributed by atoms with Crippen LogP contribution >= 0.6 is 0 Å². The monoisotopic (exact) mass is 193 g/mol. The molecule has 1 N–H and O–H groups in total. The molecule has 1 nitrogen and oxygen atoms in total. The smallest absolute Gasteiger partial charge is 0.146 e. The second kappa shape index (κ2) is 3.26. The molecule has 0 radical (unpaired) electrons. The third-order valence-electron chi connectivity index (χ3n) is 2.81. The van der Waals surface area contributed by atoms with E-state index in [0.717, 1.165) is 24.8 Å². The van der Waals surface area contributed by atoms with Crippen LogP contribution in [0.25, 0.3) is 0 Å². The van der Waals surface area contributed by atoms with Gasteiger partial charge in [0.1, 0.15) is 5.82 Å². The fourth-order valence-electron chi connectivity index (χ4n) is 2.04. The number of para-hydroxylation sites is 1. The third-order valence-corrected chi connectivity index (χ3v) is 2.81. The number of anilines is 1. The van der Waals surface area contributed by atoms with Gasteiger partial charge in [-0.3, -0.25) is 0 Å². The van der Waals surface area contributed by atoms with Crippen LogP contribution in [-0.2, 0) is 6.42 Å². The summed E-state index contributed by atoms with van der Waals surface area (Å²) in [5.41, 5.74) is 1.82. The molecule has 0 unspecified atom stereocenters. The van der Waals surface area contributed by atoms with Crippen molar-refractivity contribution in [3.05, 3.63) is 29.6 Å². The van der Waals surface area contributed by atoms with Gasteiger partial charge in [0.25, 0.3) is 0 Å². The molecule has 2 rings (SSSR count). The minimum atomic E-state index is -0.127. The van der Waals surface area contributed by atoms with E-state index < -0.39 is 0 Å². The molecule has 0 fully saturated rings. The van der Waals surface area contributed by atoms with Gasteiger partial charge in [-0.05, 0) is 44.7 Å². The summed E-state index contributed by atoms with van der Waals surface area (Å²) < 4.78 is 13.5. The van der Waals surface area contributed by atoms with E-state index in [1.807, 2.05) is 6.07 Å². The Labute approximate surface area is 84.3 Å². The van der Waals surface area contributed by atoms with E-state index in [1.54, 1.807) is 6.07 Å². The number of halogens is 1. The van der Waals surface area contributed by atoms with Crippen LogP contribution in [0.4, 0.5) is 10.1 Å². The van der Waals surface area contributed by atoms with Crippen molar-refractivity contribution >= 4 is 5.69 Å². The average molecular weight is 193 g/mol. The third kappa shape index (κ3) is 1.74. The number of fused-ring (bicyclic) bond motifs is 1. The Bertz CT molecular complexity index is 344. The summed E-state index contributed by atoms with van der Waals surface area (Å²) in [7, 11) is 0. The summed E-state index contributed by atoms with van der Waals surface area (Å²) in [6, 6.07) is 5.31. The highest BCUT2D eigenvalue weighted by Gasteiger charge is 2.23. The maximum Gasteiger partial charge on any atom is 0.146 e. The van der Waals surface area contributed by atoms with Crippen molar-refractivity contribution < 1.29 is 4.39 Å². The molecule has 0 atom stereocenters. The Balaban J connectivity index is 2.43. The molecule has 0 saturated heterocycles. The number of hydrogen-bond acceptors (Lipinski definition) is 1. The molecule has 1 aromatic carbocycles. The standard InChI is InChI=1S/C12H16FN/c1-12(2)8-4-6-9-5-3-7-10(13)11(9)14-12/h3,5,7,14H,4,6,8H2,1-2H3. The minimum absolute atomic E-state index is 0.00738. The summed E-state index contributed by atoms with van der Waals surface area (Å²) in [5, 5.41) is 3.29. The van der Waals surface area contributed by atoms with Crippen molar-refractivity contribution in [3.8, 4) is 0 Å². The van der Waals surface area contributed by atoms with Crippen LogP contribution in [0.3, 0.4) is 0 Å². The van der Waals surface area contributed by atoms with Gasteiger partial charge < -0.3 is 5.32 Å². The molecular formula is C12H16FN. The topological polar surface area (TPSA) is 12.0 Å². The number of aryl methyl sites for hydroxylation is 1. The predicted octanol–water partition coefficient (Wildman–Crippen LogP) is 3.35. The molecule has 0 aromatic heterocycles. The molecule has 0 saturated carbocycles. The Kier molecular flexibility index (Phi) is 2.22.